The molecular weight excluding hydrogens is 124 g/mol. The SMILES string of the molecule is CO.O=C1CCC(=O)O1. The molecule has 0 unspecified atom stereocenters. The van der Waals surface area contributed by atoms with Crippen molar-refractivity contribution >= 4 is 11.9 Å². The number of aliphatic hydroxyl groups excluding tert-OH is 1. The number of esters is 2. The van der Waals surface area contributed by atoms with Gasteiger partial charge in [0.1, 0.15) is 0 Å². The third-order valence-electron chi connectivity index (χ3n) is 0.761. The van der Waals surface area contributed by atoms with E-state index in [-0.39, 0.29) is 12.8 Å². The average Bonchev–Trinajstić information content (AvgIpc) is 2.20. The number of hydrogen-bond donors (Lipinski definition) is 1. The molecule has 0 atom stereocenters. The second-order valence-electron chi connectivity index (χ2n) is 1.35. The van der Waals surface area contributed by atoms with Crippen molar-refractivity contribution in [1.82, 2.24) is 0 Å². The molecule has 0 aliphatic carbocycles. The van der Waals surface area contributed by atoms with Gasteiger partial charge in [0.15, 0.2) is 0 Å². The molecule has 1 rings (SSSR count). The summed E-state index contributed by atoms with van der Waals surface area (Å²) in [6.45, 7) is 0. The molecule has 9 heavy (non-hydrogen) atoms. The molecule has 52 valence electrons. The van der Waals surface area contributed by atoms with Crippen LogP contribution in [0.15, 0.2) is 0 Å². The average molecular weight is 132 g/mol. The van der Waals surface area contributed by atoms with Crippen LogP contribution in [-0.2, 0) is 14.3 Å². The zero-order chi connectivity index (χ0) is 7.28. The standard InChI is InChI=1S/C4H4O3.CH4O/c5-3-1-2-4(6)7-3;1-2/h1-2H2;2H,1H3. The number of rotatable bonds is 0. The minimum Gasteiger partial charge on any atom is -0.400 e. The Balaban J connectivity index is 0.000000291. The molecule has 0 bridgehead atoms. The molecule has 0 radical (unpaired) electrons. The predicted octanol–water partition coefficient (Wildman–Crippen LogP) is -0.542. The Morgan fingerprint density at radius 2 is 1.56 bits per heavy atom. The minimum atomic E-state index is -0.398. The van der Waals surface area contributed by atoms with Crippen molar-refractivity contribution in [1.29, 1.82) is 0 Å². The second kappa shape index (κ2) is 4.03. The van der Waals surface area contributed by atoms with Crippen LogP contribution >= 0.6 is 0 Å². The first-order valence-electron chi connectivity index (χ1n) is 2.47. The Morgan fingerprint density at radius 1 is 1.22 bits per heavy atom. The molecule has 1 aliphatic rings. The van der Waals surface area contributed by atoms with E-state index in [2.05, 4.69) is 4.74 Å². The van der Waals surface area contributed by atoms with Gasteiger partial charge < -0.3 is 9.84 Å². The predicted molar refractivity (Wildman–Crippen MR) is 28.5 cm³/mol. The van der Waals surface area contributed by atoms with Gasteiger partial charge in [0.25, 0.3) is 0 Å². The highest BCUT2D eigenvalue weighted by Crippen LogP contribution is 2.03. The van der Waals surface area contributed by atoms with E-state index in [4.69, 9.17) is 5.11 Å². The van der Waals surface area contributed by atoms with Crippen molar-refractivity contribution in [3.8, 4) is 0 Å². The highest BCUT2D eigenvalue weighted by atomic mass is 16.6. The van der Waals surface area contributed by atoms with E-state index in [0.717, 1.165) is 7.11 Å². The van der Waals surface area contributed by atoms with Crippen molar-refractivity contribution in [2.45, 2.75) is 12.8 Å². The van der Waals surface area contributed by atoms with Crippen LogP contribution < -0.4 is 0 Å². The van der Waals surface area contributed by atoms with Crippen LogP contribution in [0.1, 0.15) is 12.8 Å². The Kier molecular flexibility index (Phi) is 3.62. The van der Waals surface area contributed by atoms with Gasteiger partial charge >= 0.3 is 11.9 Å². The van der Waals surface area contributed by atoms with Crippen LogP contribution in [0, 0.1) is 0 Å². The summed E-state index contributed by atoms with van der Waals surface area (Å²) in [5, 5.41) is 7.00. The smallest absolute Gasteiger partial charge is 0.314 e. The Hall–Kier alpha value is -0.900. The first-order chi connectivity index (χ1) is 4.29. The molecule has 0 saturated carbocycles. The van der Waals surface area contributed by atoms with E-state index in [1.807, 2.05) is 0 Å². The van der Waals surface area contributed by atoms with E-state index < -0.39 is 11.9 Å². The summed E-state index contributed by atoms with van der Waals surface area (Å²) in [7, 11) is 1.00. The topological polar surface area (TPSA) is 63.6 Å². The molecule has 0 aromatic rings. The van der Waals surface area contributed by atoms with Crippen LogP contribution in [0.25, 0.3) is 0 Å². The van der Waals surface area contributed by atoms with Crippen molar-refractivity contribution in [3.05, 3.63) is 0 Å². The van der Waals surface area contributed by atoms with E-state index in [1.54, 1.807) is 0 Å². The van der Waals surface area contributed by atoms with Crippen LogP contribution in [0.4, 0.5) is 0 Å². The number of carbonyl (C=O) groups is 2. The molecule has 1 heterocycles. The minimum absolute atomic E-state index is 0.263. The lowest BCUT2D eigenvalue weighted by molar-refractivity contribution is -0.151. The molecule has 4 heteroatoms. The normalized spacial score (nSPS) is 16.2. The summed E-state index contributed by atoms with van der Waals surface area (Å²) >= 11 is 0. The molecule has 0 amide bonds. The lowest BCUT2D eigenvalue weighted by Crippen LogP contribution is -1.94. The molecule has 0 aromatic carbocycles. The van der Waals surface area contributed by atoms with Crippen molar-refractivity contribution < 1.29 is 19.4 Å². The number of hydrogen-bond acceptors (Lipinski definition) is 4. The van der Waals surface area contributed by atoms with Crippen molar-refractivity contribution in [2.75, 3.05) is 7.11 Å². The van der Waals surface area contributed by atoms with Crippen LogP contribution in [-0.4, -0.2) is 24.2 Å². The molecular formula is C5H8O4. The highest BCUT2D eigenvalue weighted by molar-refractivity contribution is 5.92. The van der Waals surface area contributed by atoms with Gasteiger partial charge in [-0.3, -0.25) is 9.59 Å². The fraction of sp³-hybridized carbons (Fsp3) is 0.600. The molecule has 1 N–H and O–H groups in total. The van der Waals surface area contributed by atoms with Crippen LogP contribution in [0.3, 0.4) is 0 Å². The maximum absolute atomic E-state index is 10.0. The molecule has 0 spiro atoms. The van der Waals surface area contributed by atoms with Gasteiger partial charge in [-0.2, -0.15) is 0 Å². The second-order valence-corrected chi connectivity index (χ2v) is 1.35. The van der Waals surface area contributed by atoms with Gasteiger partial charge in [-0.15, -0.1) is 0 Å². The van der Waals surface area contributed by atoms with E-state index in [1.165, 1.54) is 0 Å². The van der Waals surface area contributed by atoms with E-state index >= 15 is 0 Å². The maximum atomic E-state index is 10.0. The third-order valence-corrected chi connectivity index (χ3v) is 0.761. The summed E-state index contributed by atoms with van der Waals surface area (Å²) in [5.41, 5.74) is 0. The molecule has 0 aromatic heterocycles. The van der Waals surface area contributed by atoms with Gasteiger partial charge in [0.05, 0.1) is 12.8 Å². The quantitative estimate of drug-likeness (QED) is 0.355. The number of cyclic esters (lactones) is 2. The number of aliphatic hydroxyl groups is 1. The molecule has 1 saturated heterocycles. The Morgan fingerprint density at radius 3 is 1.67 bits per heavy atom. The monoisotopic (exact) mass is 132 g/mol. The Labute approximate surface area is 52.4 Å². The van der Waals surface area contributed by atoms with Gasteiger partial charge in [-0.05, 0) is 0 Å². The van der Waals surface area contributed by atoms with Crippen molar-refractivity contribution in [3.63, 3.8) is 0 Å². The molecule has 1 aliphatic heterocycles. The Bertz CT molecular complexity index is 104. The summed E-state index contributed by atoms with van der Waals surface area (Å²) in [6.07, 6.45) is 0.525. The zero-order valence-corrected chi connectivity index (χ0v) is 5.09. The largest absolute Gasteiger partial charge is 0.400 e. The summed E-state index contributed by atoms with van der Waals surface area (Å²) in [6, 6.07) is 0. The first kappa shape index (κ1) is 8.10. The van der Waals surface area contributed by atoms with Crippen LogP contribution in [0.2, 0.25) is 0 Å². The zero-order valence-electron chi connectivity index (χ0n) is 5.09. The van der Waals surface area contributed by atoms with E-state index in [9.17, 15) is 9.59 Å². The summed E-state index contributed by atoms with van der Waals surface area (Å²) < 4.78 is 4.08. The fourth-order valence-electron chi connectivity index (χ4n) is 0.433. The van der Waals surface area contributed by atoms with Crippen molar-refractivity contribution in [2.24, 2.45) is 0 Å². The van der Waals surface area contributed by atoms with Crippen LogP contribution in [0.5, 0.6) is 0 Å². The van der Waals surface area contributed by atoms with Gasteiger partial charge in [-0.1, -0.05) is 0 Å². The maximum Gasteiger partial charge on any atom is 0.314 e. The lowest BCUT2D eigenvalue weighted by Gasteiger charge is -1.79. The van der Waals surface area contributed by atoms with Gasteiger partial charge in [0, 0.05) is 7.11 Å². The number of ether oxygens (including phenoxy) is 1. The van der Waals surface area contributed by atoms with E-state index in [0.29, 0.717) is 0 Å². The lowest BCUT2D eigenvalue weighted by atomic mass is 10.4. The third kappa shape index (κ3) is 2.81. The van der Waals surface area contributed by atoms with Gasteiger partial charge in [0.2, 0.25) is 0 Å². The molecule has 1 fully saturated rings. The number of carbonyl (C=O) groups excluding carboxylic acids is 2. The summed E-state index contributed by atoms with van der Waals surface area (Å²) in [5.74, 6) is -0.796. The first-order valence-corrected chi connectivity index (χ1v) is 2.47. The fourth-order valence-corrected chi connectivity index (χ4v) is 0.433. The molecule has 4 nitrogen and oxygen atoms in total. The highest BCUT2D eigenvalue weighted by Gasteiger charge is 2.19. The van der Waals surface area contributed by atoms with Gasteiger partial charge in [-0.25, -0.2) is 0 Å². The summed E-state index contributed by atoms with van der Waals surface area (Å²) in [4.78, 5) is 20.0.